The molecule has 1 fully saturated rings. The maximum absolute atomic E-state index is 14.2. The fourth-order valence-electron chi connectivity index (χ4n) is 4.33. The molecule has 10 heteroatoms. The quantitative estimate of drug-likeness (QED) is 0.457. The van der Waals surface area contributed by atoms with E-state index in [0.717, 1.165) is 25.6 Å². The van der Waals surface area contributed by atoms with Crippen LogP contribution in [-0.2, 0) is 6.61 Å². The standard InChI is InChI=1S/C22H18FN7O2/c23-14-9-15-17-4-2-7-29(17)18-5-8-30-20(27-18)16(11-26-30)21(31)28-19-13(3-1-6-24-19)12-32-22(15)25-10-14/h1,3,5-6,8-11,17H,2,4,7,12H2,(H,24,28,31). The Bertz CT molecular complexity index is 1360. The topological polar surface area (TPSA) is 97.5 Å². The molecule has 160 valence electrons. The number of rotatable bonds is 0. The van der Waals surface area contributed by atoms with Gasteiger partial charge in [-0.15, -0.1) is 0 Å². The molecule has 2 bridgehead atoms. The van der Waals surface area contributed by atoms with Crippen LogP contribution in [0.25, 0.3) is 5.65 Å². The lowest BCUT2D eigenvalue weighted by Gasteiger charge is -2.27. The van der Waals surface area contributed by atoms with E-state index in [9.17, 15) is 9.18 Å². The third kappa shape index (κ3) is 3.03. The summed E-state index contributed by atoms with van der Waals surface area (Å²) in [5.41, 5.74) is 2.12. The van der Waals surface area contributed by atoms with E-state index < -0.39 is 5.82 Å². The summed E-state index contributed by atoms with van der Waals surface area (Å²) in [4.78, 5) is 28.4. The number of carbonyl (C=O) groups is 1. The predicted molar refractivity (Wildman–Crippen MR) is 113 cm³/mol. The van der Waals surface area contributed by atoms with Gasteiger partial charge in [-0.2, -0.15) is 5.10 Å². The minimum Gasteiger partial charge on any atom is -0.472 e. The number of hydrogen-bond donors (Lipinski definition) is 1. The molecule has 0 saturated carbocycles. The van der Waals surface area contributed by atoms with Crippen LogP contribution in [0.1, 0.15) is 40.4 Å². The molecule has 1 saturated heterocycles. The maximum Gasteiger partial charge on any atom is 0.262 e. The van der Waals surface area contributed by atoms with E-state index >= 15 is 0 Å². The number of fused-ring (bicyclic) bond motifs is 6. The molecule has 4 aromatic rings. The number of nitrogens with zero attached hydrogens (tertiary/aromatic N) is 6. The van der Waals surface area contributed by atoms with E-state index in [2.05, 4.69) is 25.3 Å². The van der Waals surface area contributed by atoms with Crippen LogP contribution in [0.15, 0.2) is 49.1 Å². The fourth-order valence-corrected chi connectivity index (χ4v) is 4.33. The third-order valence-corrected chi connectivity index (χ3v) is 5.84. The molecular weight excluding hydrogens is 413 g/mol. The lowest BCUT2D eigenvalue weighted by molar-refractivity contribution is 0.102. The third-order valence-electron chi connectivity index (χ3n) is 5.84. The van der Waals surface area contributed by atoms with E-state index in [1.165, 1.54) is 12.3 Å². The van der Waals surface area contributed by atoms with Crippen LogP contribution in [0.2, 0.25) is 0 Å². The number of ether oxygens (including phenoxy) is 1. The molecule has 1 unspecified atom stereocenters. The van der Waals surface area contributed by atoms with E-state index in [1.54, 1.807) is 23.0 Å². The summed E-state index contributed by atoms with van der Waals surface area (Å²) in [6, 6.07) is 6.74. The molecule has 2 aliphatic rings. The molecule has 0 aromatic carbocycles. The molecule has 6 heterocycles. The van der Waals surface area contributed by atoms with Gasteiger partial charge < -0.3 is 15.0 Å². The van der Waals surface area contributed by atoms with Crippen LogP contribution in [0.3, 0.4) is 0 Å². The fraction of sp³-hybridized carbons (Fsp3) is 0.227. The lowest BCUT2D eigenvalue weighted by atomic mass is 10.1. The van der Waals surface area contributed by atoms with Crippen molar-refractivity contribution in [2.75, 3.05) is 16.8 Å². The van der Waals surface area contributed by atoms with Crippen molar-refractivity contribution < 1.29 is 13.9 Å². The van der Waals surface area contributed by atoms with Crippen LogP contribution in [0, 0.1) is 5.82 Å². The molecular formula is C22H18FN7O2. The number of hydrogen-bond acceptors (Lipinski definition) is 7. The molecule has 0 spiro atoms. The zero-order valence-electron chi connectivity index (χ0n) is 16.9. The van der Waals surface area contributed by atoms with Crippen molar-refractivity contribution in [3.05, 3.63) is 71.6 Å². The molecule has 1 N–H and O–H groups in total. The summed E-state index contributed by atoms with van der Waals surface area (Å²) >= 11 is 0. The molecule has 32 heavy (non-hydrogen) atoms. The Morgan fingerprint density at radius 1 is 1.22 bits per heavy atom. The van der Waals surface area contributed by atoms with Gasteiger partial charge in [0.25, 0.3) is 5.91 Å². The first-order chi connectivity index (χ1) is 15.7. The highest BCUT2D eigenvalue weighted by Gasteiger charge is 2.31. The number of anilines is 2. The Labute approximate surface area is 181 Å². The van der Waals surface area contributed by atoms with Crippen molar-refractivity contribution in [3.8, 4) is 5.88 Å². The van der Waals surface area contributed by atoms with E-state index in [0.29, 0.717) is 39.9 Å². The average Bonchev–Trinajstić information content (AvgIpc) is 3.45. The number of nitrogens with one attached hydrogen (secondary N) is 1. The lowest BCUT2D eigenvalue weighted by Crippen LogP contribution is -2.25. The van der Waals surface area contributed by atoms with Crippen LogP contribution >= 0.6 is 0 Å². The average molecular weight is 431 g/mol. The summed E-state index contributed by atoms with van der Waals surface area (Å²) in [7, 11) is 0. The van der Waals surface area contributed by atoms with Gasteiger partial charge in [0.1, 0.15) is 29.6 Å². The SMILES string of the molecule is O=C1Nc2ncccc2COc2ncc(F)cc2C2CCCN2c2ccn3ncc1c3n2. The van der Waals surface area contributed by atoms with Crippen molar-refractivity contribution in [2.24, 2.45) is 0 Å². The molecule has 0 aliphatic carbocycles. The van der Waals surface area contributed by atoms with Gasteiger partial charge in [-0.1, -0.05) is 6.07 Å². The first-order valence-corrected chi connectivity index (χ1v) is 10.3. The van der Waals surface area contributed by atoms with E-state index in [-0.39, 0.29) is 18.6 Å². The molecule has 2 aliphatic heterocycles. The van der Waals surface area contributed by atoms with Crippen LogP contribution < -0.4 is 15.0 Å². The zero-order chi connectivity index (χ0) is 21.7. The van der Waals surface area contributed by atoms with Gasteiger partial charge in [0.05, 0.1) is 18.4 Å². The van der Waals surface area contributed by atoms with Gasteiger partial charge in [-0.3, -0.25) is 4.79 Å². The van der Waals surface area contributed by atoms with Crippen molar-refractivity contribution in [3.63, 3.8) is 0 Å². The van der Waals surface area contributed by atoms with Crippen molar-refractivity contribution in [1.29, 1.82) is 0 Å². The highest BCUT2D eigenvalue weighted by atomic mass is 19.1. The predicted octanol–water partition coefficient (Wildman–Crippen LogP) is 3.14. The Balaban J connectivity index is 1.56. The Morgan fingerprint density at radius 3 is 3.09 bits per heavy atom. The second-order valence-corrected chi connectivity index (χ2v) is 7.77. The summed E-state index contributed by atoms with van der Waals surface area (Å²) < 4.78 is 21.8. The van der Waals surface area contributed by atoms with E-state index in [1.807, 2.05) is 12.1 Å². The Kier molecular flexibility index (Phi) is 4.23. The molecule has 1 atom stereocenters. The van der Waals surface area contributed by atoms with Crippen molar-refractivity contribution >= 4 is 23.2 Å². The maximum atomic E-state index is 14.2. The van der Waals surface area contributed by atoms with Gasteiger partial charge in [0.2, 0.25) is 5.88 Å². The van der Waals surface area contributed by atoms with Crippen molar-refractivity contribution in [1.82, 2.24) is 24.6 Å². The second kappa shape index (κ2) is 7.26. The summed E-state index contributed by atoms with van der Waals surface area (Å²) in [5.74, 6) is 0.625. The van der Waals surface area contributed by atoms with Crippen LogP contribution in [0.4, 0.5) is 16.0 Å². The Morgan fingerprint density at radius 2 is 2.16 bits per heavy atom. The van der Waals surface area contributed by atoms with Crippen molar-refractivity contribution in [2.45, 2.75) is 25.5 Å². The first-order valence-electron chi connectivity index (χ1n) is 10.3. The number of amides is 1. The molecule has 4 aromatic heterocycles. The summed E-state index contributed by atoms with van der Waals surface area (Å²) in [6.45, 7) is 0.862. The number of carbonyl (C=O) groups excluding carboxylic acids is 1. The van der Waals surface area contributed by atoms with Gasteiger partial charge in [-0.05, 0) is 31.0 Å². The smallest absolute Gasteiger partial charge is 0.262 e. The van der Waals surface area contributed by atoms with Crippen LogP contribution in [0.5, 0.6) is 5.88 Å². The highest BCUT2D eigenvalue weighted by molar-refractivity contribution is 6.08. The normalized spacial score (nSPS) is 17.8. The molecule has 0 radical (unpaired) electrons. The van der Waals surface area contributed by atoms with Gasteiger partial charge in [0.15, 0.2) is 5.65 Å². The minimum absolute atomic E-state index is 0.120. The van der Waals surface area contributed by atoms with Gasteiger partial charge in [-0.25, -0.2) is 23.9 Å². The number of pyridine rings is 2. The largest absolute Gasteiger partial charge is 0.472 e. The molecule has 6 rings (SSSR count). The highest BCUT2D eigenvalue weighted by Crippen LogP contribution is 2.39. The van der Waals surface area contributed by atoms with Crippen LogP contribution in [-0.4, -0.2) is 37.0 Å². The van der Waals surface area contributed by atoms with E-state index in [4.69, 9.17) is 9.72 Å². The molecule has 1 amide bonds. The van der Waals surface area contributed by atoms with Gasteiger partial charge >= 0.3 is 0 Å². The molecule has 9 nitrogen and oxygen atoms in total. The Hall–Kier alpha value is -4.08. The summed E-state index contributed by atoms with van der Waals surface area (Å²) in [5, 5.41) is 7.09. The van der Waals surface area contributed by atoms with Gasteiger partial charge in [0, 0.05) is 30.1 Å². The number of halogens is 1. The number of aromatic nitrogens is 5. The monoisotopic (exact) mass is 431 g/mol. The second-order valence-electron chi connectivity index (χ2n) is 7.77. The zero-order valence-corrected chi connectivity index (χ0v) is 16.9. The summed E-state index contributed by atoms with van der Waals surface area (Å²) in [6.07, 6.45) is 7.71. The minimum atomic E-state index is -0.420. The first kappa shape index (κ1) is 18.7.